The smallest absolute Gasteiger partial charge is 0.277 e. The highest BCUT2D eigenvalue weighted by Gasteiger charge is 2.16. The van der Waals surface area contributed by atoms with E-state index in [1.165, 1.54) is 0 Å². The molecule has 0 saturated heterocycles. The van der Waals surface area contributed by atoms with E-state index in [4.69, 9.17) is 16.6 Å². The van der Waals surface area contributed by atoms with Crippen LogP contribution in [0.25, 0.3) is 22.2 Å². The van der Waals surface area contributed by atoms with Crippen molar-refractivity contribution in [2.45, 2.75) is 39.3 Å². The second-order valence-electron chi connectivity index (χ2n) is 9.18. The number of nitriles is 1. The van der Waals surface area contributed by atoms with Gasteiger partial charge in [0.1, 0.15) is 11.3 Å². The van der Waals surface area contributed by atoms with Gasteiger partial charge in [-0.05, 0) is 52.9 Å². The third-order valence-corrected chi connectivity index (χ3v) is 6.83. The van der Waals surface area contributed by atoms with E-state index in [9.17, 15) is 10.1 Å². The molecule has 0 spiro atoms. The molecule has 5 aromatic rings. The molecule has 0 unspecified atom stereocenters. The number of imidazole rings is 1. The number of hydrogen-bond donors (Lipinski definition) is 0. The Labute approximate surface area is 221 Å². The van der Waals surface area contributed by atoms with Gasteiger partial charge in [-0.25, -0.2) is 4.98 Å². The first-order valence-corrected chi connectivity index (χ1v) is 12.9. The summed E-state index contributed by atoms with van der Waals surface area (Å²) in [7, 11) is 0. The summed E-state index contributed by atoms with van der Waals surface area (Å²) in [5, 5.41) is 10.1. The van der Waals surface area contributed by atoms with Crippen LogP contribution in [0.5, 0.6) is 0 Å². The van der Waals surface area contributed by atoms with E-state index in [1.807, 2.05) is 72.9 Å². The second-order valence-corrected chi connectivity index (χ2v) is 9.62. The van der Waals surface area contributed by atoms with Gasteiger partial charge >= 0.3 is 0 Å². The van der Waals surface area contributed by atoms with E-state index in [2.05, 4.69) is 29.7 Å². The lowest BCUT2D eigenvalue weighted by Gasteiger charge is -2.12. The fourth-order valence-electron chi connectivity index (χ4n) is 4.68. The molecule has 0 bridgehead atoms. The first-order valence-electron chi connectivity index (χ1n) is 12.5. The molecule has 0 amide bonds. The monoisotopic (exact) mass is 506 g/mol. The van der Waals surface area contributed by atoms with E-state index < -0.39 is 0 Å². The summed E-state index contributed by atoms with van der Waals surface area (Å²) in [4.78, 5) is 18.5. The molecule has 3 aromatic carbocycles. The standard InChI is InChI=1S/C31H27ClN4O/c1-2-3-11-29-34-28-16-17-35(20-23-7-6-9-26(32)18-23)31(37)30(28)36(29)21-22-12-14-24(15-13-22)27-10-5-4-8-25(27)19-33/h4-10,12-18H,2-3,11,20-21H2,1H3. The van der Waals surface area contributed by atoms with Crippen LogP contribution in [0.2, 0.25) is 5.02 Å². The Morgan fingerprint density at radius 3 is 2.51 bits per heavy atom. The highest BCUT2D eigenvalue weighted by molar-refractivity contribution is 6.30. The van der Waals surface area contributed by atoms with Crippen molar-refractivity contribution in [1.29, 1.82) is 5.26 Å². The first kappa shape index (κ1) is 24.5. The van der Waals surface area contributed by atoms with Crippen LogP contribution in [0, 0.1) is 11.3 Å². The quantitative estimate of drug-likeness (QED) is 0.232. The molecule has 0 fully saturated rings. The van der Waals surface area contributed by atoms with Crippen molar-refractivity contribution >= 4 is 22.6 Å². The highest BCUT2D eigenvalue weighted by atomic mass is 35.5. The summed E-state index contributed by atoms with van der Waals surface area (Å²) in [5.41, 5.74) is 5.88. The SMILES string of the molecule is CCCCc1nc2ccn(Cc3cccc(Cl)c3)c(=O)c2n1Cc1ccc(-c2ccccc2C#N)cc1. The Kier molecular flexibility index (Phi) is 7.20. The number of unbranched alkanes of at least 4 members (excludes halogenated alkanes) is 1. The lowest BCUT2D eigenvalue weighted by molar-refractivity contribution is 0.684. The molecule has 5 rings (SSSR count). The number of pyridine rings is 1. The minimum absolute atomic E-state index is 0.0627. The van der Waals surface area contributed by atoms with Crippen molar-refractivity contribution in [2.24, 2.45) is 0 Å². The lowest BCUT2D eigenvalue weighted by Crippen LogP contribution is -2.22. The van der Waals surface area contributed by atoms with Crippen LogP contribution in [-0.2, 0) is 19.5 Å². The summed E-state index contributed by atoms with van der Waals surface area (Å²) in [5.74, 6) is 0.924. The molecule has 5 nitrogen and oxygen atoms in total. The maximum Gasteiger partial charge on any atom is 0.277 e. The lowest BCUT2D eigenvalue weighted by atomic mass is 9.99. The van der Waals surface area contributed by atoms with E-state index >= 15 is 0 Å². The highest BCUT2D eigenvalue weighted by Crippen LogP contribution is 2.25. The molecular formula is C31H27ClN4O. The molecule has 0 atom stereocenters. The van der Waals surface area contributed by atoms with Gasteiger partial charge in [0, 0.05) is 24.2 Å². The predicted octanol–water partition coefficient (Wildman–Crippen LogP) is 6.83. The zero-order valence-electron chi connectivity index (χ0n) is 20.7. The number of aromatic nitrogens is 3. The van der Waals surface area contributed by atoms with Crippen LogP contribution < -0.4 is 5.56 Å². The molecule has 0 N–H and O–H groups in total. The number of hydrogen-bond acceptors (Lipinski definition) is 3. The maximum absolute atomic E-state index is 13.7. The van der Waals surface area contributed by atoms with Gasteiger partial charge in [0.15, 0.2) is 0 Å². The van der Waals surface area contributed by atoms with Gasteiger partial charge in [-0.15, -0.1) is 0 Å². The van der Waals surface area contributed by atoms with Crippen LogP contribution in [0.4, 0.5) is 0 Å². The van der Waals surface area contributed by atoms with Crippen molar-refractivity contribution in [3.05, 3.63) is 123 Å². The van der Waals surface area contributed by atoms with Crippen LogP contribution in [0.3, 0.4) is 0 Å². The molecule has 6 heteroatoms. The fraction of sp³-hybridized carbons (Fsp3) is 0.194. The number of fused-ring (bicyclic) bond motifs is 1. The molecule has 184 valence electrons. The van der Waals surface area contributed by atoms with Gasteiger partial charge in [-0.1, -0.05) is 79.5 Å². The number of benzene rings is 3. The van der Waals surface area contributed by atoms with E-state index in [-0.39, 0.29) is 5.56 Å². The Morgan fingerprint density at radius 2 is 1.76 bits per heavy atom. The third kappa shape index (κ3) is 5.21. The molecule has 0 aliphatic rings. The Bertz CT molecular complexity index is 1660. The van der Waals surface area contributed by atoms with Crippen LogP contribution >= 0.6 is 11.6 Å². The third-order valence-electron chi connectivity index (χ3n) is 6.60. The van der Waals surface area contributed by atoms with Crippen molar-refractivity contribution in [2.75, 3.05) is 0 Å². The van der Waals surface area contributed by atoms with Crippen LogP contribution in [0.15, 0.2) is 89.9 Å². The molecule has 37 heavy (non-hydrogen) atoms. The maximum atomic E-state index is 13.7. The first-order chi connectivity index (χ1) is 18.1. The van der Waals surface area contributed by atoms with Gasteiger partial charge in [-0.3, -0.25) is 4.79 Å². The van der Waals surface area contributed by atoms with Crippen molar-refractivity contribution in [3.63, 3.8) is 0 Å². The van der Waals surface area contributed by atoms with Crippen molar-refractivity contribution in [3.8, 4) is 17.2 Å². The van der Waals surface area contributed by atoms with Crippen LogP contribution in [0.1, 0.15) is 42.3 Å². The number of aryl methyl sites for hydroxylation is 1. The van der Waals surface area contributed by atoms with Gasteiger partial charge in [0.25, 0.3) is 5.56 Å². The molecule has 0 radical (unpaired) electrons. The van der Waals surface area contributed by atoms with Crippen LogP contribution in [-0.4, -0.2) is 14.1 Å². The topological polar surface area (TPSA) is 63.6 Å². The zero-order chi connectivity index (χ0) is 25.8. The van der Waals surface area contributed by atoms with E-state index in [0.717, 1.165) is 52.9 Å². The number of rotatable bonds is 8. The molecule has 0 saturated carbocycles. The summed E-state index contributed by atoms with van der Waals surface area (Å²) in [6.07, 6.45) is 4.68. The second kappa shape index (κ2) is 10.9. The van der Waals surface area contributed by atoms with E-state index in [0.29, 0.717) is 29.2 Å². The van der Waals surface area contributed by atoms with Gasteiger partial charge in [0.2, 0.25) is 0 Å². The average Bonchev–Trinajstić information content (AvgIpc) is 3.27. The summed E-state index contributed by atoms with van der Waals surface area (Å²) in [6.45, 7) is 3.15. The zero-order valence-corrected chi connectivity index (χ0v) is 21.4. The normalized spacial score (nSPS) is 11.1. The molecule has 2 heterocycles. The number of halogens is 1. The summed E-state index contributed by atoms with van der Waals surface area (Å²) in [6, 6.07) is 27.6. The minimum atomic E-state index is -0.0627. The van der Waals surface area contributed by atoms with Gasteiger partial charge in [-0.2, -0.15) is 5.26 Å². The van der Waals surface area contributed by atoms with Crippen molar-refractivity contribution in [1.82, 2.24) is 14.1 Å². The van der Waals surface area contributed by atoms with Gasteiger partial charge in [0.05, 0.1) is 23.7 Å². The Hall–Kier alpha value is -4.14. The fourth-order valence-corrected chi connectivity index (χ4v) is 4.90. The van der Waals surface area contributed by atoms with E-state index in [1.54, 1.807) is 4.57 Å². The summed E-state index contributed by atoms with van der Waals surface area (Å²) < 4.78 is 3.79. The van der Waals surface area contributed by atoms with Gasteiger partial charge < -0.3 is 9.13 Å². The Morgan fingerprint density at radius 1 is 0.946 bits per heavy atom. The molecule has 0 aliphatic heterocycles. The minimum Gasteiger partial charge on any atom is -0.319 e. The largest absolute Gasteiger partial charge is 0.319 e. The predicted molar refractivity (Wildman–Crippen MR) is 149 cm³/mol. The Balaban J connectivity index is 1.52. The van der Waals surface area contributed by atoms with Crippen molar-refractivity contribution < 1.29 is 0 Å². The molecular weight excluding hydrogens is 480 g/mol. The average molecular weight is 507 g/mol. The molecule has 0 aliphatic carbocycles. The molecule has 2 aromatic heterocycles. The summed E-state index contributed by atoms with van der Waals surface area (Å²) >= 11 is 6.16. The number of nitrogens with zero attached hydrogens (tertiary/aromatic N) is 4.